The van der Waals surface area contributed by atoms with Crippen molar-refractivity contribution in [3.63, 3.8) is 0 Å². The largest absolute Gasteiger partial charge is 0.494 e. The molecule has 0 saturated carbocycles. The van der Waals surface area contributed by atoms with Crippen molar-refractivity contribution in [2.24, 2.45) is 5.73 Å². The van der Waals surface area contributed by atoms with E-state index in [-0.39, 0.29) is 6.23 Å². The van der Waals surface area contributed by atoms with Gasteiger partial charge in [-0.15, -0.1) is 0 Å². The van der Waals surface area contributed by atoms with Crippen LogP contribution in [0, 0.1) is 3.70 Å². The molecule has 1 saturated heterocycles. The number of fused-ring (bicyclic) bond motifs is 1. The molecule has 1 fully saturated rings. The molecule has 2 heterocycles. The maximum Gasteiger partial charge on any atom is 0.150 e. The van der Waals surface area contributed by atoms with Gasteiger partial charge in [0.2, 0.25) is 0 Å². The van der Waals surface area contributed by atoms with Gasteiger partial charge in [-0.1, -0.05) is 0 Å². The van der Waals surface area contributed by atoms with Crippen molar-refractivity contribution in [1.29, 1.82) is 0 Å². The van der Waals surface area contributed by atoms with Crippen LogP contribution < -0.4 is 10.5 Å². The van der Waals surface area contributed by atoms with Gasteiger partial charge >= 0.3 is 0 Å². The number of ether oxygens (including phenoxy) is 2. The molecule has 6 heteroatoms. The fourth-order valence-electron chi connectivity index (χ4n) is 2.58. The summed E-state index contributed by atoms with van der Waals surface area (Å²) in [5, 5.41) is 5.77. The van der Waals surface area contributed by atoms with Gasteiger partial charge in [-0.05, 0) is 73.0 Å². The Kier molecular flexibility index (Phi) is 4.97. The molecule has 114 valence electrons. The van der Waals surface area contributed by atoms with Gasteiger partial charge in [-0.2, -0.15) is 5.10 Å². The fraction of sp³-hybridized carbons (Fsp3) is 0.533. The molecule has 5 nitrogen and oxygen atoms in total. The van der Waals surface area contributed by atoms with Crippen LogP contribution in [0.15, 0.2) is 18.2 Å². The number of aromatic nitrogens is 2. The van der Waals surface area contributed by atoms with E-state index in [1.54, 1.807) is 0 Å². The van der Waals surface area contributed by atoms with Gasteiger partial charge < -0.3 is 15.2 Å². The summed E-state index contributed by atoms with van der Waals surface area (Å²) in [5.41, 5.74) is 6.59. The van der Waals surface area contributed by atoms with Gasteiger partial charge in [-0.25, -0.2) is 4.68 Å². The molecule has 0 bridgehead atoms. The predicted octanol–water partition coefficient (Wildman–Crippen LogP) is 3.07. The van der Waals surface area contributed by atoms with E-state index in [0.29, 0.717) is 13.2 Å². The van der Waals surface area contributed by atoms with Crippen LogP contribution in [-0.2, 0) is 4.74 Å². The Labute approximate surface area is 137 Å². The van der Waals surface area contributed by atoms with E-state index in [2.05, 4.69) is 39.8 Å². The van der Waals surface area contributed by atoms with Crippen LogP contribution in [0.5, 0.6) is 5.75 Å². The number of hydrogen-bond acceptors (Lipinski definition) is 4. The Morgan fingerprint density at radius 3 is 3.10 bits per heavy atom. The van der Waals surface area contributed by atoms with Gasteiger partial charge in [0.05, 0.1) is 12.1 Å². The average molecular weight is 401 g/mol. The minimum Gasteiger partial charge on any atom is -0.494 e. The molecule has 1 aromatic carbocycles. The zero-order chi connectivity index (χ0) is 14.7. The summed E-state index contributed by atoms with van der Waals surface area (Å²) in [6, 6.07) is 6.12. The quantitative estimate of drug-likeness (QED) is 0.618. The third-order valence-corrected chi connectivity index (χ3v) is 4.48. The highest BCUT2D eigenvalue weighted by Gasteiger charge is 2.20. The van der Waals surface area contributed by atoms with Gasteiger partial charge in [0.1, 0.15) is 9.45 Å². The number of nitrogens with zero attached hydrogens (tertiary/aromatic N) is 2. The van der Waals surface area contributed by atoms with Gasteiger partial charge in [0, 0.05) is 12.0 Å². The summed E-state index contributed by atoms with van der Waals surface area (Å²) in [6.07, 6.45) is 4.30. The molecule has 0 aliphatic carbocycles. The maximum atomic E-state index is 5.85. The minimum absolute atomic E-state index is 0.0637. The number of nitrogens with two attached hydrogens (primary N) is 1. The molecule has 3 rings (SSSR count). The monoisotopic (exact) mass is 401 g/mol. The first-order valence-corrected chi connectivity index (χ1v) is 8.49. The smallest absolute Gasteiger partial charge is 0.150 e. The third-order valence-electron chi connectivity index (χ3n) is 3.68. The Balaban J connectivity index is 1.86. The van der Waals surface area contributed by atoms with Crippen molar-refractivity contribution in [3.8, 4) is 5.75 Å². The molecular weight excluding hydrogens is 381 g/mol. The van der Waals surface area contributed by atoms with Crippen LogP contribution in [0.3, 0.4) is 0 Å². The lowest BCUT2D eigenvalue weighted by atomic mass is 10.2. The Morgan fingerprint density at radius 2 is 2.33 bits per heavy atom. The Hall–Kier alpha value is -0.860. The molecule has 1 atom stereocenters. The van der Waals surface area contributed by atoms with E-state index in [4.69, 9.17) is 15.2 Å². The molecule has 0 spiro atoms. The van der Waals surface area contributed by atoms with E-state index >= 15 is 0 Å². The van der Waals surface area contributed by atoms with Gasteiger partial charge in [0.15, 0.2) is 6.23 Å². The molecule has 0 radical (unpaired) electrons. The molecular formula is C15H20IN3O2. The fourth-order valence-corrected chi connectivity index (χ4v) is 3.25. The van der Waals surface area contributed by atoms with Crippen molar-refractivity contribution in [2.75, 3.05) is 19.8 Å². The van der Waals surface area contributed by atoms with Crippen LogP contribution >= 0.6 is 22.6 Å². The minimum atomic E-state index is 0.0637. The topological polar surface area (TPSA) is 62.3 Å². The summed E-state index contributed by atoms with van der Waals surface area (Å²) in [6.45, 7) is 2.12. The Bertz CT molecular complexity index is 608. The zero-order valence-corrected chi connectivity index (χ0v) is 14.1. The molecule has 21 heavy (non-hydrogen) atoms. The van der Waals surface area contributed by atoms with Crippen molar-refractivity contribution in [2.45, 2.75) is 31.9 Å². The average Bonchev–Trinajstić information content (AvgIpc) is 2.85. The van der Waals surface area contributed by atoms with Crippen molar-refractivity contribution in [3.05, 3.63) is 21.9 Å². The molecule has 1 aliphatic rings. The molecule has 2 N–H and O–H groups in total. The summed E-state index contributed by atoms with van der Waals surface area (Å²) in [4.78, 5) is 0. The van der Waals surface area contributed by atoms with Crippen LogP contribution in [0.1, 0.15) is 31.9 Å². The lowest BCUT2D eigenvalue weighted by Gasteiger charge is -2.23. The summed E-state index contributed by atoms with van der Waals surface area (Å²) in [5.74, 6) is 0.873. The number of halogens is 1. The second-order valence-corrected chi connectivity index (χ2v) is 6.25. The standard InChI is InChI=1S/C15H20IN3O2/c16-15-12-10-11(20-9-3-7-17)5-6-13(12)19(18-15)14-4-1-2-8-21-14/h5-6,10,14H,1-4,7-9,17H2. The van der Waals surface area contributed by atoms with Crippen molar-refractivity contribution in [1.82, 2.24) is 9.78 Å². The number of hydrogen-bond donors (Lipinski definition) is 1. The third kappa shape index (κ3) is 3.32. The van der Waals surface area contributed by atoms with Crippen LogP contribution in [0.4, 0.5) is 0 Å². The van der Waals surface area contributed by atoms with E-state index < -0.39 is 0 Å². The van der Waals surface area contributed by atoms with Crippen LogP contribution in [-0.4, -0.2) is 29.5 Å². The molecule has 0 amide bonds. The lowest BCUT2D eigenvalue weighted by Crippen LogP contribution is -2.19. The molecule has 1 aromatic heterocycles. The second-order valence-electron chi connectivity index (χ2n) is 5.23. The summed E-state index contributed by atoms with van der Waals surface area (Å²) in [7, 11) is 0. The van der Waals surface area contributed by atoms with Gasteiger partial charge in [-0.3, -0.25) is 0 Å². The van der Waals surface area contributed by atoms with Crippen molar-refractivity contribution >= 4 is 33.5 Å². The summed E-state index contributed by atoms with van der Waals surface area (Å²) < 4.78 is 14.6. The maximum absolute atomic E-state index is 5.85. The predicted molar refractivity (Wildman–Crippen MR) is 90.5 cm³/mol. The normalized spacial score (nSPS) is 19.0. The summed E-state index contributed by atoms with van der Waals surface area (Å²) >= 11 is 2.27. The Morgan fingerprint density at radius 1 is 1.43 bits per heavy atom. The molecule has 1 unspecified atom stereocenters. The van der Waals surface area contributed by atoms with Crippen LogP contribution in [0.2, 0.25) is 0 Å². The second kappa shape index (κ2) is 6.93. The lowest BCUT2D eigenvalue weighted by molar-refractivity contribution is -0.0368. The first-order chi connectivity index (χ1) is 10.3. The first kappa shape index (κ1) is 15.1. The van der Waals surface area contributed by atoms with Crippen LogP contribution in [0.25, 0.3) is 10.9 Å². The molecule has 2 aromatic rings. The van der Waals surface area contributed by atoms with E-state index in [1.807, 2.05) is 10.7 Å². The zero-order valence-electron chi connectivity index (χ0n) is 11.9. The number of benzene rings is 1. The van der Waals surface area contributed by atoms with Gasteiger partial charge in [0.25, 0.3) is 0 Å². The van der Waals surface area contributed by atoms with Crippen molar-refractivity contribution < 1.29 is 9.47 Å². The highest BCUT2D eigenvalue weighted by atomic mass is 127. The number of rotatable bonds is 5. The first-order valence-electron chi connectivity index (χ1n) is 7.42. The van der Waals surface area contributed by atoms with E-state index in [0.717, 1.165) is 46.2 Å². The highest BCUT2D eigenvalue weighted by Crippen LogP contribution is 2.30. The van der Waals surface area contributed by atoms with E-state index in [1.165, 1.54) is 6.42 Å². The molecule has 1 aliphatic heterocycles. The van der Waals surface area contributed by atoms with E-state index in [9.17, 15) is 0 Å². The highest BCUT2D eigenvalue weighted by molar-refractivity contribution is 14.1. The SMILES string of the molecule is NCCCOc1ccc2c(c1)c(I)nn2C1CCCCO1.